The predicted octanol–water partition coefficient (Wildman–Crippen LogP) is 5.05. The van der Waals surface area contributed by atoms with Crippen molar-refractivity contribution in [1.82, 2.24) is 0 Å². The third-order valence-corrected chi connectivity index (χ3v) is 4.29. The van der Waals surface area contributed by atoms with Crippen molar-refractivity contribution < 1.29 is 0 Å². The summed E-state index contributed by atoms with van der Waals surface area (Å²) in [6, 6.07) is 14.3. The molecule has 21 heavy (non-hydrogen) atoms. The lowest BCUT2D eigenvalue weighted by molar-refractivity contribution is 0.304. The van der Waals surface area contributed by atoms with Crippen LogP contribution in [0.3, 0.4) is 0 Å². The summed E-state index contributed by atoms with van der Waals surface area (Å²) in [5.41, 5.74) is 1.86. The van der Waals surface area contributed by atoms with Gasteiger partial charge < -0.3 is 5.32 Å². The first kappa shape index (κ1) is 15.4. The van der Waals surface area contributed by atoms with Crippen molar-refractivity contribution in [2.45, 2.75) is 27.7 Å². The number of fused-ring (bicyclic) bond motifs is 1. The number of hydrogen-bond acceptors (Lipinski definition) is 2. The zero-order valence-electron chi connectivity index (χ0n) is 13.4. The van der Waals surface area contributed by atoms with Crippen LogP contribution in [0.1, 0.15) is 33.3 Å². The molecule has 0 aliphatic heterocycles. The second kappa shape index (κ2) is 6.63. The van der Waals surface area contributed by atoms with Crippen LogP contribution in [-0.2, 0) is 0 Å². The molecule has 2 heteroatoms. The van der Waals surface area contributed by atoms with Crippen LogP contribution in [-0.4, -0.2) is 6.54 Å². The molecular weight excluding hydrogens is 256 g/mol. The summed E-state index contributed by atoms with van der Waals surface area (Å²) in [5, 5.41) is 15.0. The van der Waals surface area contributed by atoms with E-state index in [0.717, 1.165) is 28.6 Å². The molecule has 0 aliphatic carbocycles. The lowest BCUT2D eigenvalue weighted by Gasteiger charge is -2.26. The summed E-state index contributed by atoms with van der Waals surface area (Å²) < 4.78 is 0. The molecule has 0 bridgehead atoms. The molecule has 0 saturated carbocycles. The summed E-state index contributed by atoms with van der Waals surface area (Å²) in [5.74, 6) is 1.95. The highest BCUT2D eigenvalue weighted by atomic mass is 14.9. The molecule has 0 aromatic heterocycles. The third kappa shape index (κ3) is 3.36. The zero-order chi connectivity index (χ0) is 15.4. The maximum atomic E-state index is 9.22. The van der Waals surface area contributed by atoms with E-state index in [1.165, 1.54) is 0 Å². The van der Waals surface area contributed by atoms with Gasteiger partial charge in [0, 0.05) is 23.0 Å². The van der Waals surface area contributed by atoms with Gasteiger partial charge in [-0.15, -0.1) is 0 Å². The Hall–Kier alpha value is -2.01. The largest absolute Gasteiger partial charge is 0.384 e. The van der Waals surface area contributed by atoms with E-state index in [4.69, 9.17) is 0 Å². The van der Waals surface area contributed by atoms with Crippen LogP contribution in [0.4, 0.5) is 5.69 Å². The highest BCUT2D eigenvalue weighted by molar-refractivity contribution is 5.97. The van der Waals surface area contributed by atoms with E-state index in [9.17, 15) is 5.26 Å². The lowest BCUT2D eigenvalue weighted by Crippen LogP contribution is -2.24. The van der Waals surface area contributed by atoms with Gasteiger partial charge >= 0.3 is 0 Å². The van der Waals surface area contributed by atoms with E-state index < -0.39 is 0 Å². The number of anilines is 1. The van der Waals surface area contributed by atoms with E-state index in [-0.39, 0.29) is 0 Å². The number of nitriles is 1. The molecule has 1 N–H and O–H groups in total. The number of benzene rings is 2. The van der Waals surface area contributed by atoms with E-state index in [0.29, 0.717) is 17.8 Å². The fraction of sp³-hybridized carbons (Fsp3) is 0.421. The van der Waals surface area contributed by atoms with E-state index in [2.05, 4.69) is 45.1 Å². The van der Waals surface area contributed by atoms with Gasteiger partial charge in [-0.05, 0) is 29.9 Å². The fourth-order valence-electron chi connectivity index (χ4n) is 3.02. The summed E-state index contributed by atoms with van der Waals surface area (Å²) in [7, 11) is 0. The van der Waals surface area contributed by atoms with Crippen molar-refractivity contribution >= 4 is 16.5 Å². The minimum Gasteiger partial charge on any atom is -0.384 e. The smallest absolute Gasteiger partial charge is 0.0998 e. The second-order valence-electron chi connectivity index (χ2n) is 6.35. The number of nitrogens with zero attached hydrogens (tertiary/aromatic N) is 1. The number of rotatable bonds is 5. The number of nitrogens with one attached hydrogen (secondary N) is 1. The lowest BCUT2D eigenvalue weighted by atomic mass is 9.85. The van der Waals surface area contributed by atoms with Crippen LogP contribution in [0.5, 0.6) is 0 Å². The molecule has 0 heterocycles. The molecule has 110 valence electrons. The molecule has 2 aromatic carbocycles. The summed E-state index contributed by atoms with van der Waals surface area (Å²) >= 11 is 0. The first-order valence-corrected chi connectivity index (χ1v) is 7.70. The minimum absolute atomic E-state index is 0.638. The topological polar surface area (TPSA) is 35.8 Å². The van der Waals surface area contributed by atoms with Gasteiger partial charge in [0.2, 0.25) is 0 Å². The zero-order valence-corrected chi connectivity index (χ0v) is 13.4. The first-order chi connectivity index (χ1) is 10.0. The molecule has 0 fully saturated rings. The van der Waals surface area contributed by atoms with E-state index in [1.807, 2.05) is 30.3 Å². The van der Waals surface area contributed by atoms with Crippen LogP contribution in [0.25, 0.3) is 10.8 Å². The summed E-state index contributed by atoms with van der Waals surface area (Å²) in [6.07, 6.45) is 0. The Kier molecular flexibility index (Phi) is 4.85. The Bertz CT molecular complexity index is 642. The van der Waals surface area contributed by atoms with Crippen LogP contribution < -0.4 is 5.32 Å². The van der Waals surface area contributed by atoms with Gasteiger partial charge in [0.05, 0.1) is 11.6 Å². The van der Waals surface area contributed by atoms with E-state index >= 15 is 0 Å². The molecule has 0 spiro atoms. The maximum Gasteiger partial charge on any atom is 0.0998 e. The van der Waals surface area contributed by atoms with Gasteiger partial charge in [-0.25, -0.2) is 0 Å². The molecule has 2 nitrogen and oxygen atoms in total. The second-order valence-corrected chi connectivity index (χ2v) is 6.35. The third-order valence-electron chi connectivity index (χ3n) is 4.29. The van der Waals surface area contributed by atoms with Crippen molar-refractivity contribution in [3.63, 3.8) is 0 Å². The Morgan fingerprint density at radius 1 is 0.952 bits per heavy atom. The molecule has 0 atom stereocenters. The summed E-state index contributed by atoms with van der Waals surface area (Å²) in [4.78, 5) is 0. The van der Waals surface area contributed by atoms with Gasteiger partial charge in [0.1, 0.15) is 0 Å². The molecule has 2 aromatic rings. The average Bonchev–Trinajstić information content (AvgIpc) is 2.46. The van der Waals surface area contributed by atoms with Crippen LogP contribution in [0.15, 0.2) is 36.4 Å². The highest BCUT2D eigenvalue weighted by Crippen LogP contribution is 2.28. The van der Waals surface area contributed by atoms with Gasteiger partial charge in [0.25, 0.3) is 0 Å². The average molecular weight is 280 g/mol. The van der Waals surface area contributed by atoms with E-state index in [1.54, 1.807) is 0 Å². The molecule has 0 amide bonds. The molecule has 0 saturated heterocycles. The molecule has 0 aliphatic rings. The van der Waals surface area contributed by atoms with Crippen molar-refractivity contribution in [3.8, 4) is 6.07 Å². The van der Waals surface area contributed by atoms with Crippen molar-refractivity contribution in [2.24, 2.45) is 17.8 Å². The van der Waals surface area contributed by atoms with Crippen molar-refractivity contribution in [2.75, 3.05) is 11.9 Å². The van der Waals surface area contributed by atoms with Gasteiger partial charge in [0.15, 0.2) is 0 Å². The molecule has 2 rings (SSSR count). The van der Waals surface area contributed by atoms with Crippen LogP contribution in [0.2, 0.25) is 0 Å². The van der Waals surface area contributed by atoms with Crippen LogP contribution >= 0.6 is 0 Å². The van der Waals surface area contributed by atoms with Gasteiger partial charge in [-0.2, -0.15) is 5.26 Å². The number of hydrogen-bond donors (Lipinski definition) is 1. The molecule has 0 unspecified atom stereocenters. The first-order valence-electron chi connectivity index (χ1n) is 7.70. The van der Waals surface area contributed by atoms with Crippen molar-refractivity contribution in [3.05, 3.63) is 42.0 Å². The Balaban J connectivity index is 2.30. The SMILES string of the molecule is CC(C)C(CNc1ccc(C#N)c2ccccc12)C(C)C. The van der Waals surface area contributed by atoms with Crippen LogP contribution in [0, 0.1) is 29.1 Å². The monoisotopic (exact) mass is 280 g/mol. The Morgan fingerprint density at radius 2 is 1.57 bits per heavy atom. The normalized spacial score (nSPS) is 11.3. The van der Waals surface area contributed by atoms with Crippen molar-refractivity contribution in [1.29, 1.82) is 5.26 Å². The molecule has 0 radical (unpaired) electrons. The standard InChI is InChI=1S/C19H24N2/c1-13(2)18(14(3)4)12-21-19-10-9-15(11-20)16-7-5-6-8-17(16)19/h5-10,13-14,18,21H,12H2,1-4H3. The van der Waals surface area contributed by atoms with Gasteiger partial charge in [-0.3, -0.25) is 0 Å². The quantitative estimate of drug-likeness (QED) is 0.831. The maximum absolute atomic E-state index is 9.22. The fourth-order valence-corrected chi connectivity index (χ4v) is 3.02. The predicted molar refractivity (Wildman–Crippen MR) is 90.3 cm³/mol. The minimum atomic E-state index is 0.638. The van der Waals surface area contributed by atoms with Gasteiger partial charge in [-0.1, -0.05) is 52.0 Å². The summed E-state index contributed by atoms with van der Waals surface area (Å²) in [6.45, 7) is 10.1. The Labute approximate surface area is 127 Å². The highest BCUT2D eigenvalue weighted by Gasteiger charge is 2.17. The molecular formula is C19H24N2. The Morgan fingerprint density at radius 3 is 2.14 bits per heavy atom.